The molecule has 33 heavy (non-hydrogen) atoms. The number of hydrogen-bond donors (Lipinski definition) is 1. The Morgan fingerprint density at radius 1 is 1.12 bits per heavy atom. The third-order valence-corrected chi connectivity index (χ3v) is 7.60. The van der Waals surface area contributed by atoms with Gasteiger partial charge in [-0.05, 0) is 42.8 Å². The third kappa shape index (κ3) is 5.41. The molecule has 0 unspecified atom stereocenters. The Hall–Kier alpha value is -3.22. The van der Waals surface area contributed by atoms with E-state index in [9.17, 15) is 13.2 Å². The van der Waals surface area contributed by atoms with Gasteiger partial charge >= 0.3 is 0 Å². The summed E-state index contributed by atoms with van der Waals surface area (Å²) in [5, 5.41) is 11.6. The zero-order valence-electron chi connectivity index (χ0n) is 19.2. The SMILES string of the molecule is CCN(CC)S(=O)(=O)c1ccc2c(c1)nc(CCC(=O)Nc1ccc(CC#N)cc1)n2CC. The van der Waals surface area contributed by atoms with E-state index >= 15 is 0 Å². The number of aryl methyl sites for hydroxylation is 2. The van der Waals surface area contributed by atoms with E-state index in [1.165, 1.54) is 4.31 Å². The van der Waals surface area contributed by atoms with Crippen molar-refractivity contribution in [3.05, 3.63) is 53.9 Å². The molecule has 2 aromatic carbocycles. The monoisotopic (exact) mass is 467 g/mol. The summed E-state index contributed by atoms with van der Waals surface area (Å²) >= 11 is 0. The van der Waals surface area contributed by atoms with E-state index in [1.54, 1.807) is 30.3 Å². The molecule has 0 spiro atoms. The average Bonchev–Trinajstić information content (AvgIpc) is 3.16. The van der Waals surface area contributed by atoms with Crippen LogP contribution >= 0.6 is 0 Å². The van der Waals surface area contributed by atoms with Crippen molar-refractivity contribution >= 4 is 32.7 Å². The maximum atomic E-state index is 12.9. The summed E-state index contributed by atoms with van der Waals surface area (Å²) in [6.07, 6.45) is 1.01. The fraction of sp³-hybridized carbons (Fsp3) is 0.375. The van der Waals surface area contributed by atoms with Crippen molar-refractivity contribution in [3.63, 3.8) is 0 Å². The zero-order chi connectivity index (χ0) is 24.0. The predicted molar refractivity (Wildman–Crippen MR) is 128 cm³/mol. The van der Waals surface area contributed by atoms with Crippen LogP contribution in [0.4, 0.5) is 5.69 Å². The van der Waals surface area contributed by atoms with Gasteiger partial charge in [-0.1, -0.05) is 26.0 Å². The first kappa shape index (κ1) is 24.4. The van der Waals surface area contributed by atoms with Crippen LogP contribution in [0.5, 0.6) is 0 Å². The second-order valence-corrected chi connectivity index (χ2v) is 9.53. The van der Waals surface area contributed by atoms with Crippen molar-refractivity contribution in [2.75, 3.05) is 18.4 Å². The molecular weight excluding hydrogens is 438 g/mol. The molecule has 0 fully saturated rings. The Labute approximate surface area is 194 Å². The van der Waals surface area contributed by atoms with Crippen molar-refractivity contribution in [1.29, 1.82) is 5.26 Å². The number of hydrogen-bond acceptors (Lipinski definition) is 5. The number of carbonyl (C=O) groups is 1. The van der Waals surface area contributed by atoms with E-state index in [4.69, 9.17) is 5.26 Å². The summed E-state index contributed by atoms with van der Waals surface area (Å²) in [5.74, 6) is 0.604. The van der Waals surface area contributed by atoms with Gasteiger partial charge in [0, 0.05) is 38.2 Å². The third-order valence-electron chi connectivity index (χ3n) is 5.55. The number of nitrogens with one attached hydrogen (secondary N) is 1. The number of nitrogens with zero attached hydrogens (tertiary/aromatic N) is 4. The highest BCUT2D eigenvalue weighted by molar-refractivity contribution is 7.89. The molecule has 0 saturated heterocycles. The number of aromatic nitrogens is 2. The quantitative estimate of drug-likeness (QED) is 0.489. The molecule has 8 nitrogen and oxygen atoms in total. The van der Waals surface area contributed by atoms with Crippen molar-refractivity contribution in [1.82, 2.24) is 13.9 Å². The summed E-state index contributed by atoms with van der Waals surface area (Å²) in [7, 11) is -3.57. The Balaban J connectivity index is 1.76. The largest absolute Gasteiger partial charge is 0.328 e. The van der Waals surface area contributed by atoms with Gasteiger partial charge in [-0.25, -0.2) is 13.4 Å². The van der Waals surface area contributed by atoms with Crippen molar-refractivity contribution in [3.8, 4) is 6.07 Å². The Bertz CT molecular complexity index is 1270. The molecule has 0 saturated carbocycles. The molecule has 1 aromatic heterocycles. The highest BCUT2D eigenvalue weighted by Gasteiger charge is 2.23. The molecule has 1 heterocycles. The van der Waals surface area contributed by atoms with Crippen molar-refractivity contribution in [2.45, 2.75) is 51.5 Å². The van der Waals surface area contributed by atoms with Crippen LogP contribution in [0.15, 0.2) is 47.4 Å². The first-order valence-corrected chi connectivity index (χ1v) is 12.5. The molecule has 3 rings (SSSR count). The lowest BCUT2D eigenvalue weighted by atomic mass is 10.1. The van der Waals surface area contributed by atoms with Crippen LogP contribution in [0.1, 0.15) is 38.6 Å². The fourth-order valence-corrected chi connectivity index (χ4v) is 5.30. The zero-order valence-corrected chi connectivity index (χ0v) is 20.0. The van der Waals surface area contributed by atoms with Crippen LogP contribution < -0.4 is 5.32 Å². The van der Waals surface area contributed by atoms with Crippen LogP contribution in [0.2, 0.25) is 0 Å². The lowest BCUT2D eigenvalue weighted by molar-refractivity contribution is -0.116. The van der Waals surface area contributed by atoms with Gasteiger partial charge in [0.15, 0.2) is 0 Å². The lowest BCUT2D eigenvalue weighted by Crippen LogP contribution is -2.30. The number of anilines is 1. The maximum Gasteiger partial charge on any atom is 0.243 e. The number of sulfonamides is 1. The highest BCUT2D eigenvalue weighted by atomic mass is 32.2. The van der Waals surface area contributed by atoms with Crippen LogP contribution in [-0.2, 0) is 34.2 Å². The number of amides is 1. The number of benzene rings is 2. The minimum absolute atomic E-state index is 0.137. The Morgan fingerprint density at radius 2 is 1.82 bits per heavy atom. The van der Waals surface area contributed by atoms with Gasteiger partial charge < -0.3 is 9.88 Å². The van der Waals surface area contributed by atoms with E-state index in [2.05, 4.69) is 16.4 Å². The smallest absolute Gasteiger partial charge is 0.243 e. The van der Waals surface area contributed by atoms with Crippen LogP contribution in [0.3, 0.4) is 0 Å². The molecular formula is C24H29N5O3S. The van der Waals surface area contributed by atoms with Crippen LogP contribution in [0, 0.1) is 11.3 Å². The lowest BCUT2D eigenvalue weighted by Gasteiger charge is -2.18. The first-order chi connectivity index (χ1) is 15.8. The van der Waals surface area contributed by atoms with Crippen molar-refractivity contribution < 1.29 is 13.2 Å². The highest BCUT2D eigenvalue weighted by Crippen LogP contribution is 2.23. The maximum absolute atomic E-state index is 12.9. The molecule has 174 valence electrons. The normalized spacial score (nSPS) is 11.6. The molecule has 9 heteroatoms. The molecule has 1 N–H and O–H groups in total. The van der Waals surface area contributed by atoms with Gasteiger partial charge in [-0.15, -0.1) is 0 Å². The minimum atomic E-state index is -3.57. The number of carbonyl (C=O) groups excluding carboxylic acids is 1. The number of nitriles is 1. The Kier molecular flexibility index (Phi) is 7.84. The van der Waals surface area contributed by atoms with E-state index < -0.39 is 10.0 Å². The van der Waals surface area contributed by atoms with Crippen LogP contribution in [-0.4, -0.2) is 41.3 Å². The molecule has 0 bridgehead atoms. The van der Waals surface area contributed by atoms with Gasteiger partial charge in [0.2, 0.25) is 15.9 Å². The molecule has 0 atom stereocenters. The summed E-state index contributed by atoms with van der Waals surface area (Å²) in [6, 6.07) is 14.3. The minimum Gasteiger partial charge on any atom is -0.328 e. The summed E-state index contributed by atoms with van der Waals surface area (Å²) in [4.78, 5) is 17.3. The molecule has 0 radical (unpaired) electrons. The fourth-order valence-electron chi connectivity index (χ4n) is 3.82. The second-order valence-electron chi connectivity index (χ2n) is 7.59. The number of fused-ring (bicyclic) bond motifs is 1. The van der Waals surface area contributed by atoms with E-state index in [1.807, 2.05) is 37.5 Å². The molecule has 1 amide bonds. The molecule has 0 aliphatic heterocycles. The van der Waals surface area contributed by atoms with Crippen molar-refractivity contribution in [2.24, 2.45) is 0 Å². The van der Waals surface area contributed by atoms with E-state index in [0.717, 1.165) is 16.9 Å². The van der Waals surface area contributed by atoms with Gasteiger partial charge in [0.25, 0.3) is 0 Å². The first-order valence-electron chi connectivity index (χ1n) is 11.1. The summed E-state index contributed by atoms with van der Waals surface area (Å²) in [5.41, 5.74) is 3.03. The molecule has 3 aromatic rings. The van der Waals surface area contributed by atoms with E-state index in [0.29, 0.717) is 43.7 Å². The van der Waals surface area contributed by atoms with Gasteiger partial charge in [-0.2, -0.15) is 9.57 Å². The second kappa shape index (κ2) is 10.6. The Morgan fingerprint density at radius 3 is 2.42 bits per heavy atom. The van der Waals surface area contributed by atoms with E-state index in [-0.39, 0.29) is 17.2 Å². The predicted octanol–water partition coefficient (Wildman–Crippen LogP) is 3.72. The van der Waals surface area contributed by atoms with Gasteiger partial charge in [0.05, 0.1) is 28.4 Å². The topological polar surface area (TPSA) is 108 Å². The van der Waals surface area contributed by atoms with Gasteiger partial charge in [0.1, 0.15) is 5.82 Å². The standard InChI is InChI=1S/C24H29N5O3S/c1-4-28(5-2)33(31,32)20-11-12-22-21(17-20)27-23(29(22)6-3)13-14-24(30)26-19-9-7-18(8-10-19)15-16-25/h7-12,17H,4-6,13-15H2,1-3H3,(H,26,30). The van der Waals surface area contributed by atoms with Gasteiger partial charge in [-0.3, -0.25) is 4.79 Å². The summed E-state index contributed by atoms with van der Waals surface area (Å²) in [6.45, 7) is 7.10. The number of rotatable bonds is 10. The van der Waals surface area contributed by atoms with Crippen LogP contribution in [0.25, 0.3) is 11.0 Å². The number of imidazole rings is 1. The summed E-state index contributed by atoms with van der Waals surface area (Å²) < 4.78 is 29.2. The molecule has 0 aliphatic rings. The molecule has 0 aliphatic carbocycles. The average molecular weight is 468 g/mol.